The zero-order chi connectivity index (χ0) is 26.5. The monoisotopic (exact) mass is 617 g/mol. The molecule has 0 amide bonds. The quantitative estimate of drug-likeness (QED) is 0.0681. The Morgan fingerprint density at radius 2 is 1.08 bits per heavy atom. The lowest BCUT2D eigenvalue weighted by molar-refractivity contribution is -0.384. The summed E-state index contributed by atoms with van der Waals surface area (Å²) in [5, 5.41) is 11.8. The van der Waals surface area contributed by atoms with Gasteiger partial charge < -0.3 is 0 Å². The molecule has 0 saturated carbocycles. The first kappa shape index (κ1) is 30.1. The Labute approximate surface area is 239 Å². The van der Waals surface area contributed by atoms with E-state index in [2.05, 4.69) is 54.6 Å². The Balaban J connectivity index is 1.78. The SMILES string of the molecule is CCCCCCCCCCC1(CCCCCCCCCC)c2cc(I)ccc2-c2ccc([N+](=O)[O-])cc21. The number of rotatable bonds is 19. The standard InChI is InChI=1S/C33H48INO2/c1-3-5-7-9-11-13-15-17-23-33(24-18-16-14-12-10-8-6-4-2)31-25-27(34)19-21-29(31)30-22-20-28(35(36)37)26-32(30)33/h19-22,25-26H,3-18,23-24H2,1-2H3. The Hall–Kier alpha value is -1.43. The van der Waals surface area contributed by atoms with Crippen molar-refractivity contribution in [3.63, 3.8) is 0 Å². The minimum Gasteiger partial charge on any atom is -0.258 e. The van der Waals surface area contributed by atoms with E-state index in [1.54, 1.807) is 6.07 Å². The maximum Gasteiger partial charge on any atom is 0.269 e. The molecular formula is C33H48INO2. The lowest BCUT2D eigenvalue weighted by Gasteiger charge is -2.33. The average molecular weight is 618 g/mol. The molecular weight excluding hydrogens is 569 g/mol. The van der Waals surface area contributed by atoms with Gasteiger partial charge in [-0.3, -0.25) is 10.1 Å². The molecule has 0 fully saturated rings. The van der Waals surface area contributed by atoms with Crippen molar-refractivity contribution in [3.05, 3.63) is 61.2 Å². The highest BCUT2D eigenvalue weighted by molar-refractivity contribution is 14.1. The lowest BCUT2D eigenvalue weighted by atomic mass is 9.70. The Bertz CT molecular complexity index is 966. The van der Waals surface area contributed by atoms with Crippen molar-refractivity contribution in [2.75, 3.05) is 0 Å². The van der Waals surface area contributed by atoms with Crippen LogP contribution in [0, 0.1) is 13.7 Å². The topological polar surface area (TPSA) is 43.1 Å². The number of nitrogens with zero attached hydrogens (tertiary/aromatic N) is 1. The summed E-state index contributed by atoms with van der Waals surface area (Å²) in [6.07, 6.45) is 23.1. The van der Waals surface area contributed by atoms with Crippen LogP contribution in [0.1, 0.15) is 141 Å². The second kappa shape index (κ2) is 15.9. The van der Waals surface area contributed by atoms with E-state index in [0.29, 0.717) is 0 Å². The fraction of sp³-hybridized carbons (Fsp3) is 0.636. The van der Waals surface area contributed by atoms with Crippen molar-refractivity contribution >= 4 is 28.3 Å². The van der Waals surface area contributed by atoms with Crippen LogP contribution < -0.4 is 0 Å². The molecule has 0 bridgehead atoms. The van der Waals surface area contributed by atoms with Crippen molar-refractivity contribution in [1.29, 1.82) is 0 Å². The van der Waals surface area contributed by atoms with Gasteiger partial charge in [-0.05, 0) is 75.9 Å². The second-order valence-electron chi connectivity index (χ2n) is 11.2. The summed E-state index contributed by atoms with van der Waals surface area (Å²) in [6, 6.07) is 12.4. The van der Waals surface area contributed by atoms with E-state index in [-0.39, 0.29) is 16.0 Å². The van der Waals surface area contributed by atoms with Gasteiger partial charge in [-0.25, -0.2) is 0 Å². The first-order valence-electron chi connectivity index (χ1n) is 15.1. The third-order valence-corrected chi connectivity index (χ3v) is 9.10. The highest BCUT2D eigenvalue weighted by atomic mass is 127. The van der Waals surface area contributed by atoms with Crippen molar-refractivity contribution in [2.45, 2.75) is 135 Å². The molecule has 0 N–H and O–H groups in total. The third kappa shape index (κ3) is 8.28. The summed E-state index contributed by atoms with van der Waals surface area (Å²) >= 11 is 2.43. The van der Waals surface area contributed by atoms with Gasteiger partial charge in [-0.15, -0.1) is 0 Å². The third-order valence-electron chi connectivity index (χ3n) is 8.43. The molecule has 3 rings (SSSR count). The molecule has 0 radical (unpaired) electrons. The highest BCUT2D eigenvalue weighted by Gasteiger charge is 2.43. The van der Waals surface area contributed by atoms with Crippen molar-refractivity contribution in [2.24, 2.45) is 0 Å². The van der Waals surface area contributed by atoms with E-state index in [9.17, 15) is 10.1 Å². The molecule has 1 aliphatic carbocycles. The predicted octanol–water partition coefficient (Wildman–Crippen LogP) is 11.5. The maximum atomic E-state index is 11.8. The van der Waals surface area contributed by atoms with Crippen molar-refractivity contribution in [3.8, 4) is 11.1 Å². The van der Waals surface area contributed by atoms with Gasteiger partial charge in [0.15, 0.2) is 0 Å². The van der Waals surface area contributed by atoms with E-state index >= 15 is 0 Å². The largest absolute Gasteiger partial charge is 0.269 e. The van der Waals surface area contributed by atoms with E-state index in [0.717, 1.165) is 12.8 Å². The van der Waals surface area contributed by atoms with Crippen LogP contribution in [-0.2, 0) is 5.41 Å². The van der Waals surface area contributed by atoms with Gasteiger partial charge in [0.25, 0.3) is 5.69 Å². The molecule has 0 unspecified atom stereocenters. The summed E-state index contributed by atoms with van der Waals surface area (Å²) in [6.45, 7) is 4.55. The van der Waals surface area contributed by atoms with Crippen LogP contribution in [0.2, 0.25) is 0 Å². The smallest absolute Gasteiger partial charge is 0.258 e. The number of non-ortho nitro benzene ring substituents is 1. The van der Waals surface area contributed by atoms with E-state index < -0.39 is 0 Å². The van der Waals surface area contributed by atoms with Gasteiger partial charge in [-0.2, -0.15) is 0 Å². The summed E-state index contributed by atoms with van der Waals surface area (Å²) in [4.78, 5) is 11.5. The Morgan fingerprint density at radius 3 is 1.57 bits per heavy atom. The molecule has 3 nitrogen and oxygen atoms in total. The molecule has 0 aliphatic heterocycles. The minimum atomic E-state index is -0.218. The molecule has 2 aromatic carbocycles. The van der Waals surface area contributed by atoms with E-state index in [1.807, 2.05) is 12.1 Å². The molecule has 0 spiro atoms. The maximum absolute atomic E-state index is 11.8. The molecule has 1 aliphatic rings. The fourth-order valence-corrected chi connectivity index (χ4v) is 6.85. The zero-order valence-corrected chi connectivity index (χ0v) is 25.5. The molecule has 0 atom stereocenters. The Kier molecular flexibility index (Phi) is 12.9. The van der Waals surface area contributed by atoms with Gasteiger partial charge in [0, 0.05) is 21.1 Å². The average Bonchev–Trinajstić information content (AvgIpc) is 3.15. The zero-order valence-electron chi connectivity index (χ0n) is 23.3. The summed E-state index contributed by atoms with van der Waals surface area (Å²) in [5.41, 5.74) is 5.28. The normalized spacial score (nSPS) is 13.5. The summed E-state index contributed by atoms with van der Waals surface area (Å²) in [7, 11) is 0. The molecule has 204 valence electrons. The minimum absolute atomic E-state index is 0.0950. The Morgan fingerprint density at radius 1 is 0.649 bits per heavy atom. The molecule has 0 saturated heterocycles. The van der Waals surface area contributed by atoms with Crippen LogP contribution >= 0.6 is 22.6 Å². The van der Waals surface area contributed by atoms with Crippen LogP contribution in [0.25, 0.3) is 11.1 Å². The molecule has 37 heavy (non-hydrogen) atoms. The van der Waals surface area contributed by atoms with E-state index in [4.69, 9.17) is 0 Å². The van der Waals surface area contributed by atoms with Crippen LogP contribution in [-0.4, -0.2) is 4.92 Å². The van der Waals surface area contributed by atoms with Crippen molar-refractivity contribution < 1.29 is 4.92 Å². The van der Waals surface area contributed by atoms with Gasteiger partial charge in [-0.1, -0.05) is 123 Å². The number of hydrogen-bond acceptors (Lipinski definition) is 2. The molecule has 0 heterocycles. The number of benzene rings is 2. The fourth-order valence-electron chi connectivity index (χ4n) is 6.35. The molecule has 4 heteroatoms. The van der Waals surface area contributed by atoms with Crippen LogP contribution in [0.3, 0.4) is 0 Å². The number of hydrogen-bond donors (Lipinski definition) is 0. The molecule has 0 aromatic heterocycles. The molecule has 2 aromatic rings. The highest BCUT2D eigenvalue weighted by Crippen LogP contribution is 2.55. The second-order valence-corrected chi connectivity index (χ2v) is 12.5. The van der Waals surface area contributed by atoms with E-state index in [1.165, 1.54) is 129 Å². The summed E-state index contributed by atoms with van der Waals surface area (Å²) in [5.74, 6) is 0. The van der Waals surface area contributed by atoms with Gasteiger partial charge in [0.2, 0.25) is 0 Å². The number of nitro groups is 1. The number of unbranched alkanes of at least 4 members (excludes halogenated alkanes) is 14. The predicted molar refractivity (Wildman–Crippen MR) is 166 cm³/mol. The van der Waals surface area contributed by atoms with Gasteiger partial charge >= 0.3 is 0 Å². The van der Waals surface area contributed by atoms with Gasteiger partial charge in [0.05, 0.1) is 4.92 Å². The van der Waals surface area contributed by atoms with Crippen molar-refractivity contribution in [1.82, 2.24) is 0 Å². The first-order chi connectivity index (χ1) is 18.0. The van der Waals surface area contributed by atoms with Gasteiger partial charge in [0.1, 0.15) is 0 Å². The number of fused-ring (bicyclic) bond motifs is 3. The number of nitro benzene ring substituents is 1. The van der Waals surface area contributed by atoms with Crippen LogP contribution in [0.15, 0.2) is 36.4 Å². The summed E-state index contributed by atoms with van der Waals surface area (Å²) < 4.78 is 1.26. The van der Waals surface area contributed by atoms with Crippen LogP contribution in [0.5, 0.6) is 0 Å². The first-order valence-corrected chi connectivity index (χ1v) is 16.2. The lowest BCUT2D eigenvalue weighted by Crippen LogP contribution is -2.25. The van der Waals surface area contributed by atoms with Crippen LogP contribution in [0.4, 0.5) is 5.69 Å². The number of halogens is 1.